The SMILES string of the molecule is C=CC(=O)NCCC[N+](C)(C)CC(O)C[N+](C)(C)CCCNC(=O)C=C.[Cl-].[Cl-]. The summed E-state index contributed by atoms with van der Waals surface area (Å²) in [5.74, 6) is -0.308. The van der Waals surface area contributed by atoms with Gasteiger partial charge in [0.15, 0.2) is 6.10 Å². The Hall–Kier alpha value is -1.12. The van der Waals surface area contributed by atoms with Gasteiger partial charge >= 0.3 is 0 Å². The molecule has 0 spiro atoms. The monoisotopic (exact) mass is 440 g/mol. The van der Waals surface area contributed by atoms with Gasteiger partial charge in [0.05, 0.1) is 41.3 Å². The Morgan fingerprint density at radius 1 is 0.857 bits per heavy atom. The summed E-state index contributed by atoms with van der Waals surface area (Å²) in [4.78, 5) is 22.3. The summed E-state index contributed by atoms with van der Waals surface area (Å²) in [7, 11) is 8.35. The summed E-state index contributed by atoms with van der Waals surface area (Å²) >= 11 is 0. The molecule has 2 amide bonds. The number of nitrogens with zero attached hydrogens (tertiary/aromatic N) is 2. The maximum atomic E-state index is 11.1. The Bertz CT molecular complexity index is 444. The predicted octanol–water partition coefficient (Wildman–Crippen LogP) is -6.11. The molecule has 0 fully saturated rings. The summed E-state index contributed by atoms with van der Waals surface area (Å²) < 4.78 is 1.39. The summed E-state index contributed by atoms with van der Waals surface area (Å²) in [6.07, 6.45) is 3.82. The minimum Gasteiger partial charge on any atom is -1.00 e. The number of aliphatic hydroxyl groups is 1. The van der Waals surface area contributed by atoms with Crippen LogP contribution in [0.2, 0.25) is 0 Å². The molecule has 0 aromatic rings. The lowest BCUT2D eigenvalue weighted by atomic mass is 10.2. The average Bonchev–Trinajstić information content (AvgIpc) is 2.53. The van der Waals surface area contributed by atoms with Crippen LogP contribution in [-0.2, 0) is 9.59 Å². The van der Waals surface area contributed by atoms with Gasteiger partial charge in [-0.25, -0.2) is 0 Å². The van der Waals surface area contributed by atoms with E-state index in [0.717, 1.165) is 25.9 Å². The lowest BCUT2D eigenvalue weighted by molar-refractivity contribution is -0.914. The van der Waals surface area contributed by atoms with Crippen LogP contribution in [0.3, 0.4) is 0 Å². The molecule has 0 aromatic heterocycles. The number of rotatable bonds is 14. The van der Waals surface area contributed by atoms with Gasteiger partial charge in [0.25, 0.3) is 0 Å². The number of hydrogen-bond acceptors (Lipinski definition) is 3. The predicted molar refractivity (Wildman–Crippen MR) is 105 cm³/mol. The van der Waals surface area contributed by atoms with E-state index in [1.807, 2.05) is 0 Å². The Balaban J connectivity index is -0.00000312. The summed E-state index contributed by atoms with van der Waals surface area (Å²) in [6.45, 7) is 11.1. The highest BCUT2D eigenvalue weighted by Crippen LogP contribution is 2.07. The van der Waals surface area contributed by atoms with Gasteiger partial charge in [0, 0.05) is 25.9 Å². The highest BCUT2D eigenvalue weighted by atomic mass is 35.5. The van der Waals surface area contributed by atoms with Crippen LogP contribution >= 0.6 is 0 Å². The molecule has 0 radical (unpaired) electrons. The quantitative estimate of drug-likeness (QED) is 0.143. The molecular weight excluding hydrogens is 403 g/mol. The second kappa shape index (κ2) is 15.8. The molecule has 0 heterocycles. The van der Waals surface area contributed by atoms with Gasteiger partial charge < -0.3 is 49.5 Å². The third-order valence-electron chi connectivity index (χ3n) is 4.26. The Kier molecular flexibility index (Phi) is 17.8. The van der Waals surface area contributed by atoms with E-state index >= 15 is 0 Å². The fourth-order valence-corrected chi connectivity index (χ4v) is 2.96. The zero-order valence-corrected chi connectivity index (χ0v) is 19.2. The molecule has 166 valence electrons. The third-order valence-corrected chi connectivity index (χ3v) is 4.26. The van der Waals surface area contributed by atoms with E-state index < -0.39 is 6.10 Å². The molecule has 0 unspecified atom stereocenters. The fraction of sp³-hybridized carbons (Fsp3) is 0.684. The van der Waals surface area contributed by atoms with Crippen molar-refractivity contribution in [2.24, 2.45) is 0 Å². The van der Waals surface area contributed by atoms with Crippen molar-refractivity contribution in [3.8, 4) is 0 Å². The number of hydrogen-bond donors (Lipinski definition) is 3. The van der Waals surface area contributed by atoms with Gasteiger partial charge in [0.1, 0.15) is 13.1 Å². The van der Waals surface area contributed by atoms with E-state index in [0.29, 0.717) is 35.1 Å². The highest BCUT2D eigenvalue weighted by molar-refractivity contribution is 5.87. The highest BCUT2D eigenvalue weighted by Gasteiger charge is 2.26. The Labute approximate surface area is 182 Å². The molecule has 28 heavy (non-hydrogen) atoms. The zero-order valence-electron chi connectivity index (χ0n) is 17.7. The Morgan fingerprint density at radius 3 is 1.46 bits per heavy atom. The van der Waals surface area contributed by atoms with Crippen molar-refractivity contribution in [1.29, 1.82) is 0 Å². The van der Waals surface area contributed by atoms with E-state index in [9.17, 15) is 14.7 Å². The summed E-state index contributed by atoms with van der Waals surface area (Å²) in [5, 5.41) is 16.0. The molecule has 7 nitrogen and oxygen atoms in total. The van der Waals surface area contributed by atoms with E-state index in [-0.39, 0.29) is 36.6 Å². The minimum atomic E-state index is -0.412. The number of aliphatic hydroxyl groups excluding tert-OH is 1. The molecule has 0 atom stereocenters. The van der Waals surface area contributed by atoms with Crippen molar-refractivity contribution < 1.29 is 48.5 Å². The van der Waals surface area contributed by atoms with Crippen molar-refractivity contribution >= 4 is 11.8 Å². The van der Waals surface area contributed by atoms with Crippen molar-refractivity contribution in [2.45, 2.75) is 18.9 Å². The first-order valence-corrected chi connectivity index (χ1v) is 9.14. The van der Waals surface area contributed by atoms with Crippen LogP contribution in [0.5, 0.6) is 0 Å². The lowest BCUT2D eigenvalue weighted by Gasteiger charge is -2.36. The maximum Gasteiger partial charge on any atom is 0.243 e. The Morgan fingerprint density at radius 2 is 1.18 bits per heavy atom. The molecule has 3 N–H and O–H groups in total. The van der Waals surface area contributed by atoms with Crippen LogP contribution in [0.4, 0.5) is 0 Å². The first-order chi connectivity index (χ1) is 12.0. The number of quaternary nitrogens is 2. The summed E-state index contributed by atoms with van der Waals surface area (Å²) in [6, 6.07) is 0. The molecule has 9 heteroatoms. The first kappa shape index (κ1) is 31.6. The molecule has 0 bridgehead atoms. The van der Waals surface area contributed by atoms with Crippen molar-refractivity contribution in [3.05, 3.63) is 25.3 Å². The van der Waals surface area contributed by atoms with Crippen LogP contribution < -0.4 is 35.4 Å². The summed E-state index contributed by atoms with van der Waals surface area (Å²) in [5.41, 5.74) is 0. The topological polar surface area (TPSA) is 78.4 Å². The van der Waals surface area contributed by atoms with E-state index in [1.54, 1.807) is 0 Å². The van der Waals surface area contributed by atoms with Crippen LogP contribution in [0.1, 0.15) is 12.8 Å². The molecular formula is C19H38Cl2N4O3. The third kappa shape index (κ3) is 17.0. The van der Waals surface area contributed by atoms with Gasteiger partial charge in [-0.15, -0.1) is 0 Å². The minimum absolute atomic E-state index is 0. The molecule has 0 aromatic carbocycles. The molecule has 0 saturated heterocycles. The number of nitrogens with one attached hydrogen (secondary N) is 2. The van der Waals surface area contributed by atoms with Gasteiger partial charge in [0.2, 0.25) is 11.8 Å². The number of carbonyl (C=O) groups excluding carboxylic acids is 2. The second-order valence-electron chi connectivity index (χ2n) is 8.04. The number of carbonyl (C=O) groups is 2. The normalized spacial score (nSPS) is 11.1. The first-order valence-electron chi connectivity index (χ1n) is 9.14. The fourth-order valence-electron chi connectivity index (χ4n) is 2.96. The molecule has 0 aliphatic carbocycles. The largest absolute Gasteiger partial charge is 1.00 e. The molecule has 0 rings (SSSR count). The van der Waals surface area contributed by atoms with Crippen LogP contribution in [0.15, 0.2) is 25.3 Å². The van der Waals surface area contributed by atoms with Crippen LogP contribution in [0.25, 0.3) is 0 Å². The van der Waals surface area contributed by atoms with Crippen LogP contribution in [0, 0.1) is 0 Å². The van der Waals surface area contributed by atoms with E-state index in [4.69, 9.17) is 0 Å². The molecule has 0 aliphatic rings. The second-order valence-corrected chi connectivity index (χ2v) is 8.04. The molecule has 0 aliphatic heterocycles. The maximum absolute atomic E-state index is 11.1. The lowest BCUT2D eigenvalue weighted by Crippen LogP contribution is -3.00. The van der Waals surface area contributed by atoms with Gasteiger partial charge in [-0.1, -0.05) is 13.2 Å². The standard InChI is InChI=1S/C19H36N4O3.2ClH/c1-7-18(25)20-11-9-13-22(3,4)15-17(24)16-23(5,6)14-10-12-21-19(26)8-2;;/h7-8,17,24H,1-2,9-16H2,3-6H3;2*1H. The van der Waals surface area contributed by atoms with Crippen molar-refractivity contribution in [1.82, 2.24) is 10.6 Å². The van der Waals surface area contributed by atoms with Crippen molar-refractivity contribution in [2.75, 3.05) is 67.5 Å². The number of likely N-dealkylation sites (N-methyl/N-ethyl adjacent to an activating group) is 2. The smallest absolute Gasteiger partial charge is 0.243 e. The van der Waals surface area contributed by atoms with Crippen LogP contribution in [-0.4, -0.2) is 99.5 Å². The van der Waals surface area contributed by atoms with Gasteiger partial charge in [-0.3, -0.25) is 9.59 Å². The molecule has 0 saturated carbocycles. The average molecular weight is 441 g/mol. The van der Waals surface area contributed by atoms with Crippen molar-refractivity contribution in [3.63, 3.8) is 0 Å². The van der Waals surface area contributed by atoms with E-state index in [1.165, 1.54) is 12.2 Å². The van der Waals surface area contributed by atoms with E-state index in [2.05, 4.69) is 52.0 Å². The zero-order chi connectivity index (χ0) is 20.2. The van der Waals surface area contributed by atoms with Gasteiger partial charge in [-0.2, -0.15) is 0 Å². The number of amides is 2. The van der Waals surface area contributed by atoms with Gasteiger partial charge in [-0.05, 0) is 12.2 Å². The number of halogens is 2.